The topological polar surface area (TPSA) is 78.4 Å². The highest BCUT2D eigenvalue weighted by Gasteiger charge is 2.24. The van der Waals surface area contributed by atoms with Crippen LogP contribution in [0, 0.1) is 0 Å². The SMILES string of the molecule is CC(C)c1nc(CN2CCC(c3c[nH]c4ccccc34)CC2)c(N=S(=O)=O)s1.Cl. The number of halogens is 1. The average molecular weight is 453 g/mol. The van der Waals surface area contributed by atoms with Crippen LogP contribution in [0.5, 0.6) is 0 Å². The van der Waals surface area contributed by atoms with Gasteiger partial charge in [-0.15, -0.1) is 16.8 Å². The highest BCUT2D eigenvalue weighted by Crippen LogP contribution is 2.36. The van der Waals surface area contributed by atoms with Crippen LogP contribution in [0.25, 0.3) is 10.9 Å². The summed E-state index contributed by atoms with van der Waals surface area (Å²) in [4.78, 5) is 10.4. The zero-order valence-corrected chi connectivity index (χ0v) is 18.9. The van der Waals surface area contributed by atoms with Gasteiger partial charge in [0.15, 0.2) is 5.00 Å². The number of aromatic nitrogens is 2. The summed E-state index contributed by atoms with van der Waals surface area (Å²) in [6.45, 7) is 6.72. The van der Waals surface area contributed by atoms with Gasteiger partial charge in [0, 0.05) is 29.6 Å². The van der Waals surface area contributed by atoms with Crippen LogP contribution in [0.4, 0.5) is 5.00 Å². The number of aromatic amines is 1. The van der Waals surface area contributed by atoms with E-state index >= 15 is 0 Å². The third-order valence-corrected chi connectivity index (χ3v) is 7.11. The van der Waals surface area contributed by atoms with E-state index in [9.17, 15) is 8.42 Å². The van der Waals surface area contributed by atoms with E-state index in [0.717, 1.165) is 36.6 Å². The first-order chi connectivity index (χ1) is 13.5. The van der Waals surface area contributed by atoms with Crippen molar-refractivity contribution in [3.05, 3.63) is 46.7 Å². The van der Waals surface area contributed by atoms with E-state index in [1.165, 1.54) is 27.8 Å². The fourth-order valence-electron chi connectivity index (χ4n) is 3.90. The van der Waals surface area contributed by atoms with Crippen LogP contribution in [0.1, 0.15) is 54.8 Å². The number of piperidine rings is 1. The Kier molecular flexibility index (Phi) is 7.10. The summed E-state index contributed by atoms with van der Waals surface area (Å²) in [6.07, 6.45) is 4.33. The molecule has 1 saturated heterocycles. The Bertz CT molecular complexity index is 1100. The van der Waals surface area contributed by atoms with Gasteiger partial charge in [0.05, 0.1) is 10.7 Å². The summed E-state index contributed by atoms with van der Waals surface area (Å²) in [5.41, 5.74) is 3.38. The van der Waals surface area contributed by atoms with Gasteiger partial charge in [-0.25, -0.2) is 4.98 Å². The van der Waals surface area contributed by atoms with Gasteiger partial charge in [-0.05, 0) is 43.5 Å². The fraction of sp³-hybridized carbons (Fsp3) is 0.450. The van der Waals surface area contributed by atoms with Crippen LogP contribution >= 0.6 is 23.7 Å². The molecule has 0 atom stereocenters. The van der Waals surface area contributed by atoms with E-state index in [0.29, 0.717) is 17.5 Å². The van der Waals surface area contributed by atoms with Crippen molar-refractivity contribution < 1.29 is 8.42 Å². The lowest BCUT2D eigenvalue weighted by molar-refractivity contribution is 0.203. The first-order valence-corrected chi connectivity index (χ1v) is 11.4. The van der Waals surface area contributed by atoms with Gasteiger partial charge >= 0.3 is 10.5 Å². The van der Waals surface area contributed by atoms with Crippen LogP contribution in [0.3, 0.4) is 0 Å². The molecule has 0 bridgehead atoms. The number of H-pyrrole nitrogens is 1. The number of fused-ring (bicyclic) bond motifs is 1. The van der Waals surface area contributed by atoms with Crippen molar-refractivity contribution in [3.8, 4) is 0 Å². The van der Waals surface area contributed by atoms with Crippen molar-refractivity contribution >= 4 is 50.1 Å². The molecule has 1 aliphatic rings. The molecular formula is C20H25ClN4O2S2. The van der Waals surface area contributed by atoms with Gasteiger partial charge in [-0.3, -0.25) is 4.90 Å². The minimum absolute atomic E-state index is 0. The molecule has 0 amide bonds. The molecule has 0 aliphatic carbocycles. The molecule has 1 fully saturated rings. The molecule has 9 heteroatoms. The summed E-state index contributed by atoms with van der Waals surface area (Å²) in [5, 5.41) is 2.78. The smallest absolute Gasteiger partial charge is 0.317 e. The Balaban J connectivity index is 0.00000240. The molecule has 2 aromatic heterocycles. The van der Waals surface area contributed by atoms with Gasteiger partial charge in [0.1, 0.15) is 0 Å². The van der Waals surface area contributed by atoms with Crippen molar-refractivity contribution in [2.75, 3.05) is 13.1 Å². The summed E-state index contributed by atoms with van der Waals surface area (Å²) in [5.74, 6) is 0.813. The Morgan fingerprint density at radius 2 is 2.00 bits per heavy atom. The maximum atomic E-state index is 11.1. The minimum atomic E-state index is -2.45. The van der Waals surface area contributed by atoms with Crippen molar-refractivity contribution in [2.24, 2.45) is 4.36 Å². The number of para-hydroxylation sites is 1. The number of rotatable bonds is 5. The molecule has 0 saturated carbocycles. The third-order valence-electron chi connectivity index (χ3n) is 5.37. The summed E-state index contributed by atoms with van der Waals surface area (Å²) < 4.78 is 25.9. The van der Waals surface area contributed by atoms with Crippen LogP contribution < -0.4 is 0 Å². The predicted molar refractivity (Wildman–Crippen MR) is 120 cm³/mol. The number of nitrogens with zero attached hydrogens (tertiary/aromatic N) is 3. The molecule has 6 nitrogen and oxygen atoms in total. The molecule has 1 aromatic carbocycles. The van der Waals surface area contributed by atoms with Crippen LogP contribution in [0.2, 0.25) is 0 Å². The molecule has 29 heavy (non-hydrogen) atoms. The molecule has 3 heterocycles. The van der Waals surface area contributed by atoms with Gasteiger partial charge in [-0.2, -0.15) is 8.42 Å². The van der Waals surface area contributed by atoms with Crippen LogP contribution in [0.15, 0.2) is 34.8 Å². The van der Waals surface area contributed by atoms with Crippen molar-refractivity contribution in [2.45, 2.75) is 45.1 Å². The Morgan fingerprint density at radius 1 is 1.28 bits per heavy atom. The largest absolute Gasteiger partial charge is 0.361 e. The van der Waals surface area contributed by atoms with E-state index in [-0.39, 0.29) is 18.3 Å². The molecule has 3 aromatic rings. The Hall–Kier alpha value is -1.74. The van der Waals surface area contributed by atoms with Gasteiger partial charge < -0.3 is 4.98 Å². The lowest BCUT2D eigenvalue weighted by Crippen LogP contribution is -2.32. The van der Waals surface area contributed by atoms with Crippen molar-refractivity contribution in [1.29, 1.82) is 0 Å². The Labute approximate surface area is 182 Å². The highest BCUT2D eigenvalue weighted by molar-refractivity contribution is 7.62. The summed E-state index contributed by atoms with van der Waals surface area (Å²) in [6, 6.07) is 8.46. The molecule has 0 spiro atoms. The number of likely N-dealkylation sites (tertiary alicyclic amines) is 1. The molecule has 156 valence electrons. The second-order valence-electron chi connectivity index (χ2n) is 7.61. The van der Waals surface area contributed by atoms with E-state index in [2.05, 4.69) is 63.5 Å². The second-order valence-corrected chi connectivity index (χ2v) is 9.23. The molecule has 1 aliphatic heterocycles. The number of hydrogen-bond donors (Lipinski definition) is 1. The van der Waals surface area contributed by atoms with Crippen molar-refractivity contribution in [3.63, 3.8) is 0 Å². The number of hydrogen-bond acceptors (Lipinski definition) is 6. The average Bonchev–Trinajstić information content (AvgIpc) is 3.27. The van der Waals surface area contributed by atoms with E-state index in [4.69, 9.17) is 0 Å². The monoisotopic (exact) mass is 452 g/mol. The predicted octanol–water partition coefficient (Wildman–Crippen LogP) is 5.24. The number of thiazole rings is 1. The number of nitrogens with one attached hydrogen (secondary N) is 1. The van der Waals surface area contributed by atoms with E-state index in [1.807, 2.05) is 0 Å². The first kappa shape index (κ1) is 22.0. The Morgan fingerprint density at radius 3 is 2.69 bits per heavy atom. The maximum Gasteiger partial charge on any atom is 0.317 e. The molecule has 4 rings (SSSR count). The lowest BCUT2D eigenvalue weighted by atomic mass is 9.89. The zero-order valence-electron chi connectivity index (χ0n) is 16.5. The van der Waals surface area contributed by atoms with Gasteiger partial charge in [0.2, 0.25) is 0 Å². The molecular weight excluding hydrogens is 428 g/mol. The van der Waals surface area contributed by atoms with E-state index < -0.39 is 10.5 Å². The normalized spacial score (nSPS) is 15.6. The summed E-state index contributed by atoms with van der Waals surface area (Å²) >= 11 is 1.38. The van der Waals surface area contributed by atoms with Crippen LogP contribution in [-0.4, -0.2) is 36.4 Å². The standard InChI is InChI=1S/C20H24N4O2S2.ClH/c1-13(2)19-22-18(20(27-19)23-28(25)26)12-24-9-7-14(8-10-24)16-11-21-17-6-4-3-5-15(16)17;/h3-6,11,13-14,21H,7-10,12H2,1-2H3;1H. The van der Waals surface area contributed by atoms with Crippen molar-refractivity contribution in [1.82, 2.24) is 14.9 Å². The summed E-state index contributed by atoms with van der Waals surface area (Å²) in [7, 11) is -2.45. The minimum Gasteiger partial charge on any atom is -0.361 e. The fourth-order valence-corrected chi connectivity index (χ4v) is 5.29. The lowest BCUT2D eigenvalue weighted by Gasteiger charge is -2.31. The first-order valence-electron chi connectivity index (χ1n) is 9.60. The molecule has 0 radical (unpaired) electrons. The van der Waals surface area contributed by atoms with E-state index in [1.54, 1.807) is 0 Å². The second kappa shape index (κ2) is 9.38. The van der Waals surface area contributed by atoms with Crippen LogP contribution in [-0.2, 0) is 17.0 Å². The quantitative estimate of drug-likeness (QED) is 0.573. The maximum absolute atomic E-state index is 11.1. The molecule has 0 unspecified atom stereocenters. The molecule has 1 N–H and O–H groups in total. The zero-order chi connectivity index (χ0) is 19.7. The van der Waals surface area contributed by atoms with Gasteiger partial charge in [0.25, 0.3) is 0 Å². The van der Waals surface area contributed by atoms with Gasteiger partial charge in [-0.1, -0.05) is 43.4 Å². The third kappa shape index (κ3) is 4.88. The highest BCUT2D eigenvalue weighted by atomic mass is 35.5. The number of benzene rings is 1.